The molecule has 0 amide bonds. The summed E-state index contributed by atoms with van der Waals surface area (Å²) in [5, 5.41) is 0.925. The molecule has 0 aliphatic carbocycles. The summed E-state index contributed by atoms with van der Waals surface area (Å²) in [5.74, 6) is 1.03. The molecule has 5 heteroatoms. The van der Waals surface area contributed by atoms with E-state index in [0.717, 1.165) is 0 Å². The zero-order chi connectivity index (χ0) is 11.8. The number of halogens is 2. The first-order valence-electron chi connectivity index (χ1n) is 4.91. The van der Waals surface area contributed by atoms with Crippen LogP contribution in [0.2, 0.25) is 5.02 Å². The summed E-state index contributed by atoms with van der Waals surface area (Å²) in [7, 11) is 0. The van der Waals surface area contributed by atoms with E-state index in [-0.39, 0.29) is 0 Å². The standard InChI is InChI=1S/C12H6Cl2N2O/c13-7-3-4-10-9(6-7)16-11(14)8-2-1-5-15-12(8)17-10/h1-6H. The lowest BCUT2D eigenvalue weighted by Gasteiger charge is -2.06. The van der Waals surface area contributed by atoms with Gasteiger partial charge < -0.3 is 4.74 Å². The van der Waals surface area contributed by atoms with E-state index in [1.165, 1.54) is 0 Å². The number of hydrogen-bond donors (Lipinski definition) is 0. The summed E-state index contributed by atoms with van der Waals surface area (Å²) in [6, 6.07) is 8.77. The summed E-state index contributed by atoms with van der Waals surface area (Å²) in [4.78, 5) is 8.40. The Balaban J connectivity index is 2.24. The first-order valence-corrected chi connectivity index (χ1v) is 5.66. The molecule has 2 heterocycles. The third-order valence-corrected chi connectivity index (χ3v) is 2.86. The number of nitrogens with zero attached hydrogens (tertiary/aromatic N) is 2. The molecule has 1 aromatic heterocycles. The molecule has 17 heavy (non-hydrogen) atoms. The van der Waals surface area contributed by atoms with E-state index in [2.05, 4.69) is 9.98 Å². The Morgan fingerprint density at radius 2 is 2.00 bits per heavy atom. The van der Waals surface area contributed by atoms with Crippen molar-refractivity contribution in [3.63, 3.8) is 0 Å². The number of fused-ring (bicyclic) bond motifs is 2. The molecule has 3 nitrogen and oxygen atoms in total. The van der Waals surface area contributed by atoms with Crippen LogP contribution in [0.25, 0.3) is 0 Å². The molecule has 0 saturated carbocycles. The van der Waals surface area contributed by atoms with Gasteiger partial charge in [0.2, 0.25) is 5.88 Å². The first kappa shape index (κ1) is 10.6. The van der Waals surface area contributed by atoms with E-state index >= 15 is 0 Å². The van der Waals surface area contributed by atoms with Crippen LogP contribution in [-0.4, -0.2) is 10.2 Å². The minimum absolute atomic E-state index is 0.342. The van der Waals surface area contributed by atoms with Crippen LogP contribution in [0.1, 0.15) is 5.56 Å². The van der Waals surface area contributed by atoms with Crippen LogP contribution in [-0.2, 0) is 0 Å². The minimum Gasteiger partial charge on any atom is -0.436 e. The van der Waals surface area contributed by atoms with E-state index in [1.54, 1.807) is 30.5 Å². The van der Waals surface area contributed by atoms with Crippen molar-refractivity contribution in [3.8, 4) is 11.6 Å². The largest absolute Gasteiger partial charge is 0.436 e. The maximum absolute atomic E-state index is 6.12. The number of hydrogen-bond acceptors (Lipinski definition) is 3. The monoisotopic (exact) mass is 264 g/mol. The van der Waals surface area contributed by atoms with Crippen LogP contribution >= 0.6 is 23.2 Å². The van der Waals surface area contributed by atoms with Crippen LogP contribution in [0.4, 0.5) is 5.69 Å². The molecule has 0 radical (unpaired) electrons. The maximum Gasteiger partial charge on any atom is 0.229 e. The van der Waals surface area contributed by atoms with E-state index in [1.807, 2.05) is 6.07 Å². The second kappa shape index (κ2) is 4.02. The highest BCUT2D eigenvalue weighted by atomic mass is 35.5. The minimum atomic E-state index is 0.342. The average Bonchev–Trinajstić information content (AvgIpc) is 2.46. The molecule has 1 aliphatic rings. The van der Waals surface area contributed by atoms with Gasteiger partial charge in [0.25, 0.3) is 0 Å². The summed E-state index contributed by atoms with van der Waals surface area (Å²) in [5.41, 5.74) is 1.27. The summed E-state index contributed by atoms with van der Waals surface area (Å²) < 4.78 is 5.66. The molecule has 0 atom stereocenters. The molecule has 0 unspecified atom stereocenters. The van der Waals surface area contributed by atoms with Gasteiger partial charge in [-0.2, -0.15) is 0 Å². The summed E-state index contributed by atoms with van der Waals surface area (Å²) in [6.45, 7) is 0. The fourth-order valence-electron chi connectivity index (χ4n) is 1.56. The highest BCUT2D eigenvalue weighted by Crippen LogP contribution is 2.38. The van der Waals surface area contributed by atoms with Crippen molar-refractivity contribution in [2.24, 2.45) is 4.99 Å². The predicted octanol–water partition coefficient (Wildman–Crippen LogP) is 4.16. The number of rotatable bonds is 0. The topological polar surface area (TPSA) is 34.5 Å². The van der Waals surface area contributed by atoms with Crippen LogP contribution in [0.3, 0.4) is 0 Å². The summed E-state index contributed by atoms with van der Waals surface area (Å²) in [6.07, 6.45) is 1.64. The van der Waals surface area contributed by atoms with Gasteiger partial charge in [-0.15, -0.1) is 0 Å². The molecule has 0 saturated heterocycles. The van der Waals surface area contributed by atoms with Gasteiger partial charge in [0.15, 0.2) is 5.75 Å². The van der Waals surface area contributed by atoms with Gasteiger partial charge in [0.05, 0.1) is 5.56 Å². The molecular weight excluding hydrogens is 259 g/mol. The Bertz CT molecular complexity index is 626. The number of benzene rings is 1. The van der Waals surface area contributed by atoms with E-state index in [9.17, 15) is 0 Å². The van der Waals surface area contributed by atoms with E-state index < -0.39 is 0 Å². The lowest BCUT2D eigenvalue weighted by Crippen LogP contribution is -1.94. The molecule has 1 aliphatic heterocycles. The van der Waals surface area contributed by atoms with Crippen molar-refractivity contribution in [2.75, 3.05) is 0 Å². The highest BCUT2D eigenvalue weighted by molar-refractivity contribution is 6.70. The molecule has 0 spiro atoms. The van der Waals surface area contributed by atoms with Crippen molar-refractivity contribution >= 4 is 34.1 Å². The Hall–Kier alpha value is -1.58. The summed E-state index contributed by atoms with van der Waals surface area (Å²) >= 11 is 12.0. The molecule has 0 bridgehead atoms. The van der Waals surface area contributed by atoms with Gasteiger partial charge >= 0.3 is 0 Å². The van der Waals surface area contributed by atoms with Crippen molar-refractivity contribution in [2.45, 2.75) is 0 Å². The smallest absolute Gasteiger partial charge is 0.229 e. The fraction of sp³-hybridized carbons (Fsp3) is 0. The molecule has 3 rings (SSSR count). The second-order valence-electron chi connectivity index (χ2n) is 3.47. The number of pyridine rings is 1. The van der Waals surface area contributed by atoms with Gasteiger partial charge in [0, 0.05) is 11.2 Å². The Kier molecular flexibility index (Phi) is 2.50. The molecule has 0 N–H and O–H groups in total. The SMILES string of the molecule is ClC1=Nc2cc(Cl)ccc2Oc2ncccc21. The third kappa shape index (κ3) is 1.88. The molecular formula is C12H6Cl2N2O. The van der Waals surface area contributed by atoms with Crippen LogP contribution in [0.5, 0.6) is 11.6 Å². The van der Waals surface area contributed by atoms with Crippen molar-refractivity contribution in [1.29, 1.82) is 0 Å². The third-order valence-electron chi connectivity index (χ3n) is 2.34. The van der Waals surface area contributed by atoms with E-state index in [4.69, 9.17) is 27.9 Å². The molecule has 0 fully saturated rings. The van der Waals surface area contributed by atoms with Gasteiger partial charge in [-0.1, -0.05) is 23.2 Å². The van der Waals surface area contributed by atoms with Gasteiger partial charge in [-0.05, 0) is 30.3 Å². The van der Waals surface area contributed by atoms with Crippen LogP contribution in [0.15, 0.2) is 41.5 Å². The Morgan fingerprint density at radius 3 is 2.88 bits per heavy atom. The zero-order valence-corrected chi connectivity index (χ0v) is 10.0. The van der Waals surface area contributed by atoms with E-state index in [0.29, 0.717) is 33.1 Å². The Morgan fingerprint density at radius 1 is 1.12 bits per heavy atom. The zero-order valence-electron chi connectivity index (χ0n) is 8.52. The average molecular weight is 265 g/mol. The number of aliphatic imine (C=N–C) groups is 1. The van der Waals surface area contributed by atoms with Crippen molar-refractivity contribution in [1.82, 2.24) is 4.98 Å². The maximum atomic E-state index is 6.12. The van der Waals surface area contributed by atoms with Gasteiger partial charge in [-0.25, -0.2) is 9.98 Å². The van der Waals surface area contributed by atoms with Crippen molar-refractivity contribution in [3.05, 3.63) is 47.1 Å². The van der Waals surface area contributed by atoms with Crippen LogP contribution in [0, 0.1) is 0 Å². The normalized spacial score (nSPS) is 12.9. The Labute approximate surface area is 108 Å². The quantitative estimate of drug-likeness (QED) is 0.716. The molecule has 2 aromatic rings. The number of aromatic nitrogens is 1. The first-order chi connectivity index (χ1) is 8.24. The highest BCUT2D eigenvalue weighted by Gasteiger charge is 2.17. The van der Waals surface area contributed by atoms with Gasteiger partial charge in [-0.3, -0.25) is 0 Å². The van der Waals surface area contributed by atoms with Gasteiger partial charge in [0.1, 0.15) is 10.9 Å². The lowest BCUT2D eigenvalue weighted by molar-refractivity contribution is 0.465. The fourth-order valence-corrected chi connectivity index (χ4v) is 1.96. The van der Waals surface area contributed by atoms with Crippen molar-refractivity contribution < 1.29 is 4.74 Å². The second-order valence-corrected chi connectivity index (χ2v) is 4.27. The number of ether oxygens (including phenoxy) is 1. The lowest BCUT2D eigenvalue weighted by atomic mass is 10.3. The molecule has 1 aromatic carbocycles. The predicted molar refractivity (Wildman–Crippen MR) is 67.8 cm³/mol. The van der Waals surface area contributed by atoms with Crippen LogP contribution < -0.4 is 4.74 Å². The molecule has 84 valence electrons.